The molecule has 2 saturated carbocycles. The number of hydrogen-bond donors (Lipinski definition) is 0. The summed E-state index contributed by atoms with van der Waals surface area (Å²) in [6.07, 6.45) is 4.66. The number of cyclic esters (lactones) is 1. The first kappa shape index (κ1) is 19.5. The highest BCUT2D eigenvalue weighted by Gasteiger charge is 2.80. The van der Waals surface area contributed by atoms with Crippen LogP contribution in [0.5, 0.6) is 0 Å². The lowest BCUT2D eigenvalue weighted by Crippen LogP contribution is -2.69. The Morgan fingerprint density at radius 1 is 1.30 bits per heavy atom. The Kier molecular flexibility index (Phi) is 4.07. The first-order valence-electron chi connectivity index (χ1n) is 10.4. The second kappa shape index (κ2) is 6.26. The molecular weight excluding hydrogens is 392 g/mol. The standard InChI is InChI=1S/C22H24O8/c1-12-17(24)18(25)22(11-28-13(2)23)16(4-3-6-20(22)10-29-20)21(12)8-15(30-19(21)26)14-5-7-27-9-14/h5,7,9,12,15-16H,3-4,6,8,10-11H2,1-2H3/t12-,15+,16-,20+,21-,22+/m1/s1. The van der Waals surface area contributed by atoms with E-state index in [2.05, 4.69) is 0 Å². The van der Waals surface area contributed by atoms with E-state index < -0.39 is 57.9 Å². The van der Waals surface area contributed by atoms with Gasteiger partial charge in [-0.2, -0.15) is 0 Å². The number of fused-ring (bicyclic) bond motifs is 3. The van der Waals surface area contributed by atoms with E-state index in [0.717, 1.165) is 12.0 Å². The van der Waals surface area contributed by atoms with Gasteiger partial charge in [0.05, 0.1) is 24.5 Å². The Bertz CT molecular complexity index is 929. The second-order valence-corrected chi connectivity index (χ2v) is 9.09. The van der Waals surface area contributed by atoms with Crippen molar-refractivity contribution >= 4 is 23.5 Å². The number of carbonyl (C=O) groups excluding carboxylic acids is 4. The van der Waals surface area contributed by atoms with Crippen molar-refractivity contribution in [2.24, 2.45) is 22.7 Å². The monoisotopic (exact) mass is 416 g/mol. The predicted molar refractivity (Wildman–Crippen MR) is 98.9 cm³/mol. The van der Waals surface area contributed by atoms with Crippen molar-refractivity contribution < 1.29 is 37.8 Å². The molecule has 2 saturated heterocycles. The van der Waals surface area contributed by atoms with Gasteiger partial charge in [0, 0.05) is 24.8 Å². The van der Waals surface area contributed by atoms with Gasteiger partial charge in [-0.1, -0.05) is 13.3 Å². The first-order valence-corrected chi connectivity index (χ1v) is 10.4. The van der Waals surface area contributed by atoms with Crippen LogP contribution in [0.4, 0.5) is 0 Å². The highest BCUT2D eigenvalue weighted by atomic mass is 16.6. The summed E-state index contributed by atoms with van der Waals surface area (Å²) in [5.41, 5.74) is -2.67. The fourth-order valence-corrected chi connectivity index (χ4v) is 6.35. The van der Waals surface area contributed by atoms with Gasteiger partial charge in [-0.3, -0.25) is 19.2 Å². The van der Waals surface area contributed by atoms with E-state index in [4.69, 9.17) is 18.6 Å². The zero-order valence-corrected chi connectivity index (χ0v) is 17.0. The number of rotatable bonds is 3. The maximum Gasteiger partial charge on any atom is 0.313 e. The minimum atomic E-state index is -1.36. The molecule has 0 unspecified atom stereocenters. The molecule has 5 rings (SSSR count). The van der Waals surface area contributed by atoms with E-state index in [1.165, 1.54) is 19.5 Å². The lowest BCUT2D eigenvalue weighted by atomic mass is 9.43. The summed E-state index contributed by atoms with van der Waals surface area (Å²) in [5.74, 6) is -3.53. The molecule has 0 amide bonds. The third-order valence-corrected chi connectivity index (χ3v) is 7.96. The van der Waals surface area contributed by atoms with Gasteiger partial charge < -0.3 is 18.6 Å². The molecule has 4 aliphatic rings. The predicted octanol–water partition coefficient (Wildman–Crippen LogP) is 2.16. The summed E-state index contributed by atoms with van der Waals surface area (Å²) >= 11 is 0. The van der Waals surface area contributed by atoms with Gasteiger partial charge in [-0.05, 0) is 24.8 Å². The van der Waals surface area contributed by atoms with Crippen LogP contribution in [0.25, 0.3) is 0 Å². The average Bonchev–Trinajstić information content (AvgIpc) is 3.15. The van der Waals surface area contributed by atoms with Crippen molar-refractivity contribution in [3.05, 3.63) is 24.2 Å². The molecule has 0 aromatic carbocycles. The van der Waals surface area contributed by atoms with Crippen molar-refractivity contribution in [2.75, 3.05) is 13.2 Å². The van der Waals surface area contributed by atoms with Gasteiger partial charge in [0.1, 0.15) is 23.7 Å². The smallest absolute Gasteiger partial charge is 0.313 e. The Labute approximate surface area is 173 Å². The number of epoxide rings is 1. The SMILES string of the molecule is CC(=O)OC[C@@]12C(=O)C(=O)[C@@H](C)[C@]3(C[C@@H](c4ccoc4)OC3=O)[C@H]1CCC[C@]21CO1. The molecule has 0 radical (unpaired) electrons. The minimum absolute atomic E-state index is 0.254. The number of esters is 2. The van der Waals surface area contributed by atoms with Crippen molar-refractivity contribution in [1.29, 1.82) is 0 Å². The topological polar surface area (TPSA) is 112 Å². The highest BCUT2D eigenvalue weighted by molar-refractivity contribution is 6.42. The van der Waals surface area contributed by atoms with Gasteiger partial charge in [0.15, 0.2) is 0 Å². The Balaban J connectivity index is 1.65. The normalized spacial score (nSPS) is 42.3. The van der Waals surface area contributed by atoms with E-state index in [1.807, 2.05) is 0 Å². The van der Waals surface area contributed by atoms with Crippen LogP contribution in [0.1, 0.15) is 51.2 Å². The Morgan fingerprint density at radius 3 is 2.70 bits per heavy atom. The summed E-state index contributed by atoms with van der Waals surface area (Å²) in [7, 11) is 0. The summed E-state index contributed by atoms with van der Waals surface area (Å²) in [4.78, 5) is 51.9. The molecule has 2 aliphatic carbocycles. The molecule has 30 heavy (non-hydrogen) atoms. The van der Waals surface area contributed by atoms with Crippen molar-refractivity contribution in [1.82, 2.24) is 0 Å². The largest absolute Gasteiger partial charge is 0.472 e. The zero-order chi connectivity index (χ0) is 21.3. The average molecular weight is 416 g/mol. The molecule has 0 bridgehead atoms. The maximum absolute atomic E-state index is 13.5. The molecular formula is C22H24O8. The lowest BCUT2D eigenvalue weighted by Gasteiger charge is -2.56. The van der Waals surface area contributed by atoms with E-state index in [1.54, 1.807) is 13.0 Å². The highest BCUT2D eigenvalue weighted by Crippen LogP contribution is 2.69. The first-order chi connectivity index (χ1) is 14.3. The maximum atomic E-state index is 13.5. The number of ketones is 2. The van der Waals surface area contributed by atoms with Gasteiger partial charge in [0.25, 0.3) is 0 Å². The van der Waals surface area contributed by atoms with E-state index >= 15 is 0 Å². The van der Waals surface area contributed by atoms with E-state index in [9.17, 15) is 19.2 Å². The molecule has 2 aliphatic heterocycles. The fourth-order valence-electron chi connectivity index (χ4n) is 6.35. The summed E-state index contributed by atoms with van der Waals surface area (Å²) in [6, 6.07) is 1.73. The molecule has 8 heteroatoms. The zero-order valence-electron chi connectivity index (χ0n) is 17.0. The number of carbonyl (C=O) groups is 4. The number of ether oxygens (including phenoxy) is 3. The van der Waals surface area contributed by atoms with Crippen LogP contribution in [-0.2, 0) is 33.4 Å². The summed E-state index contributed by atoms with van der Waals surface area (Å²) in [6.45, 7) is 2.97. The van der Waals surface area contributed by atoms with Crippen molar-refractivity contribution in [3.63, 3.8) is 0 Å². The van der Waals surface area contributed by atoms with Crippen molar-refractivity contribution in [2.45, 2.75) is 51.2 Å². The quantitative estimate of drug-likeness (QED) is 0.419. The van der Waals surface area contributed by atoms with Crippen molar-refractivity contribution in [3.8, 4) is 0 Å². The van der Waals surface area contributed by atoms with E-state index in [-0.39, 0.29) is 13.0 Å². The minimum Gasteiger partial charge on any atom is -0.472 e. The van der Waals surface area contributed by atoms with Crippen LogP contribution >= 0.6 is 0 Å². The summed E-state index contributed by atoms with van der Waals surface area (Å²) in [5, 5.41) is 0. The van der Waals surface area contributed by atoms with Gasteiger partial charge >= 0.3 is 11.9 Å². The molecule has 1 aromatic rings. The Hall–Kier alpha value is -2.48. The second-order valence-electron chi connectivity index (χ2n) is 9.09. The molecule has 0 N–H and O–H groups in total. The third-order valence-electron chi connectivity index (χ3n) is 7.96. The molecule has 2 spiro atoms. The fraction of sp³-hybridized carbons (Fsp3) is 0.636. The molecule has 3 heterocycles. The van der Waals surface area contributed by atoms with Crippen LogP contribution in [0.2, 0.25) is 0 Å². The molecule has 1 aromatic heterocycles. The number of Topliss-reactive ketones (excluding diaryl/α,β-unsaturated/α-hetero) is 2. The summed E-state index contributed by atoms with van der Waals surface area (Å²) < 4.78 is 22.0. The molecule has 160 valence electrons. The molecule has 6 atom stereocenters. The van der Waals surface area contributed by atoms with Gasteiger partial charge in [0.2, 0.25) is 11.6 Å². The molecule has 8 nitrogen and oxygen atoms in total. The van der Waals surface area contributed by atoms with Gasteiger partial charge in [-0.25, -0.2) is 0 Å². The van der Waals surface area contributed by atoms with Crippen LogP contribution in [0, 0.1) is 22.7 Å². The van der Waals surface area contributed by atoms with E-state index in [0.29, 0.717) is 19.4 Å². The third kappa shape index (κ3) is 2.25. The van der Waals surface area contributed by atoms with Crippen LogP contribution in [0.15, 0.2) is 23.0 Å². The number of furan rings is 1. The van der Waals surface area contributed by atoms with Gasteiger partial charge in [-0.15, -0.1) is 0 Å². The Morgan fingerprint density at radius 2 is 2.07 bits per heavy atom. The molecule has 4 fully saturated rings. The lowest BCUT2D eigenvalue weighted by molar-refractivity contribution is -0.191. The van der Waals surface area contributed by atoms with Crippen LogP contribution < -0.4 is 0 Å². The number of hydrogen-bond acceptors (Lipinski definition) is 8. The van der Waals surface area contributed by atoms with Crippen LogP contribution in [-0.4, -0.2) is 42.3 Å². The van der Waals surface area contributed by atoms with Crippen LogP contribution in [0.3, 0.4) is 0 Å².